The maximum absolute atomic E-state index is 12.9. The molecule has 0 radical (unpaired) electrons. The van der Waals surface area contributed by atoms with E-state index in [0.717, 1.165) is 0 Å². The molecular weight excluding hydrogens is 257 g/mol. The van der Waals surface area contributed by atoms with Crippen molar-refractivity contribution in [3.63, 3.8) is 0 Å². The minimum Gasteiger partial charge on any atom is -0.330 e. The molecule has 17 heavy (non-hydrogen) atoms. The van der Waals surface area contributed by atoms with Gasteiger partial charge in [0.2, 0.25) is 0 Å². The highest BCUT2D eigenvalue weighted by atomic mass is 19.4. The molecule has 0 saturated carbocycles. The first kappa shape index (κ1) is 16.4. The van der Waals surface area contributed by atoms with Gasteiger partial charge in [-0.3, -0.25) is 0 Å². The third kappa shape index (κ3) is 3.44. The average Bonchev–Trinajstić information content (AvgIpc) is 2.15. The summed E-state index contributed by atoms with van der Waals surface area (Å²) in [4.78, 5) is 0. The minimum absolute atomic E-state index is 0.0405. The molecule has 0 aliphatic rings. The smallest absolute Gasteiger partial charge is 0.330 e. The molecule has 0 aliphatic carbocycles. The molecule has 0 aromatic rings. The highest BCUT2D eigenvalue weighted by Crippen LogP contribution is 2.48. The van der Waals surface area contributed by atoms with Crippen molar-refractivity contribution < 1.29 is 30.7 Å². The van der Waals surface area contributed by atoms with Crippen molar-refractivity contribution in [2.24, 2.45) is 11.5 Å². The molecule has 0 aliphatic heterocycles. The number of nitrogens with two attached hydrogens (primary N) is 2. The second-order valence-electron chi connectivity index (χ2n) is 3.59. The van der Waals surface area contributed by atoms with E-state index in [1.54, 1.807) is 0 Å². The van der Waals surface area contributed by atoms with E-state index >= 15 is 0 Å². The lowest BCUT2D eigenvalue weighted by molar-refractivity contribution is -0.358. The molecule has 0 saturated heterocycles. The summed E-state index contributed by atoms with van der Waals surface area (Å²) < 4.78 is 86.1. The monoisotopic (exact) mass is 270 g/mol. The normalized spacial score (nSPS) is 16.1. The zero-order chi connectivity index (χ0) is 13.9. The Bertz CT molecular complexity index is 239. The highest BCUT2D eigenvalue weighted by Gasteiger charge is 2.74. The molecule has 0 amide bonds. The van der Waals surface area contributed by atoms with Crippen LogP contribution in [0.4, 0.5) is 30.7 Å². The van der Waals surface area contributed by atoms with Crippen LogP contribution in [-0.2, 0) is 0 Å². The predicted molar refractivity (Wildman–Crippen MR) is 46.8 cm³/mol. The molecule has 2 nitrogen and oxygen atoms in total. The van der Waals surface area contributed by atoms with Crippen molar-refractivity contribution in [3.05, 3.63) is 0 Å². The summed E-state index contributed by atoms with van der Waals surface area (Å²) in [6.07, 6.45) is -6.81. The van der Waals surface area contributed by atoms with Crippen molar-refractivity contribution >= 4 is 0 Å². The highest BCUT2D eigenvalue weighted by molar-refractivity contribution is 4.97. The summed E-state index contributed by atoms with van der Waals surface area (Å²) in [5.41, 5.74) is 9.73. The van der Waals surface area contributed by atoms with E-state index in [1.165, 1.54) is 0 Å². The lowest BCUT2D eigenvalue weighted by atomic mass is 9.98. The van der Waals surface area contributed by atoms with E-state index in [-0.39, 0.29) is 19.4 Å². The molecule has 1 atom stereocenters. The molecule has 0 heterocycles. The van der Waals surface area contributed by atoms with Crippen molar-refractivity contribution in [3.8, 4) is 0 Å². The Kier molecular flexibility index (Phi) is 5.20. The summed E-state index contributed by atoms with van der Waals surface area (Å²) in [6.45, 7) is 0.119. The third-order valence-electron chi connectivity index (χ3n) is 2.21. The zero-order valence-electron chi connectivity index (χ0n) is 8.71. The molecule has 0 bridgehead atoms. The number of hydrogen-bond acceptors (Lipinski definition) is 2. The van der Waals surface area contributed by atoms with Crippen LogP contribution < -0.4 is 11.5 Å². The summed E-state index contributed by atoms with van der Waals surface area (Å²) in [7, 11) is 0. The largest absolute Gasteiger partial charge is 0.459 e. The van der Waals surface area contributed by atoms with Gasteiger partial charge in [-0.15, -0.1) is 0 Å². The van der Waals surface area contributed by atoms with Crippen LogP contribution in [0.5, 0.6) is 0 Å². The number of unbranched alkanes of at least 4 members (excludes halogenated alkanes) is 1. The van der Waals surface area contributed by atoms with E-state index < -0.39 is 30.5 Å². The summed E-state index contributed by atoms with van der Waals surface area (Å²) in [5.74, 6) is -11.5. The molecular formula is C8H13F7N2. The van der Waals surface area contributed by atoms with Gasteiger partial charge in [0.05, 0.1) is 6.04 Å². The Balaban J connectivity index is 4.75. The number of alkyl halides is 7. The molecule has 0 spiro atoms. The van der Waals surface area contributed by atoms with Gasteiger partial charge in [0.1, 0.15) is 0 Å². The SMILES string of the molecule is NCCCC[C@H](N)C(F)(F)C(F)(F)C(F)(F)F. The zero-order valence-corrected chi connectivity index (χ0v) is 8.71. The maximum atomic E-state index is 12.9. The maximum Gasteiger partial charge on any atom is 0.459 e. The summed E-state index contributed by atoms with van der Waals surface area (Å²) >= 11 is 0. The summed E-state index contributed by atoms with van der Waals surface area (Å²) in [6, 6.07) is -2.56. The van der Waals surface area contributed by atoms with Crippen molar-refractivity contribution in [1.82, 2.24) is 0 Å². The number of hydrogen-bond donors (Lipinski definition) is 2. The van der Waals surface area contributed by atoms with Crippen LogP contribution in [-0.4, -0.2) is 30.6 Å². The van der Waals surface area contributed by atoms with Crippen LogP contribution in [0.2, 0.25) is 0 Å². The van der Waals surface area contributed by atoms with Crippen molar-refractivity contribution in [2.45, 2.75) is 43.3 Å². The standard InChI is InChI=1S/C8H13F7N2/c9-6(10,5(17)3-1-2-4-16)7(11,12)8(13,14)15/h5H,1-4,16-17H2/t5-/m0/s1. The lowest BCUT2D eigenvalue weighted by Gasteiger charge is -2.32. The predicted octanol–water partition coefficient (Wildman–Crippen LogP) is 2.28. The molecule has 0 unspecified atom stereocenters. The molecule has 9 heteroatoms. The van der Waals surface area contributed by atoms with E-state index in [0.29, 0.717) is 0 Å². The minimum atomic E-state index is -6.33. The Morgan fingerprint density at radius 2 is 1.35 bits per heavy atom. The number of rotatable bonds is 6. The van der Waals surface area contributed by atoms with Crippen molar-refractivity contribution in [1.29, 1.82) is 0 Å². The molecule has 0 aromatic heterocycles. The topological polar surface area (TPSA) is 52.0 Å². The quantitative estimate of drug-likeness (QED) is 0.574. The van der Waals surface area contributed by atoms with Crippen LogP contribution in [0.1, 0.15) is 19.3 Å². The van der Waals surface area contributed by atoms with Crippen LogP contribution in [0.3, 0.4) is 0 Å². The van der Waals surface area contributed by atoms with Crippen LogP contribution in [0.15, 0.2) is 0 Å². The first-order chi connectivity index (χ1) is 7.48. The van der Waals surface area contributed by atoms with Gasteiger partial charge in [-0.05, 0) is 19.4 Å². The van der Waals surface area contributed by atoms with Gasteiger partial charge in [-0.1, -0.05) is 6.42 Å². The Labute approximate surface area is 93.1 Å². The Morgan fingerprint density at radius 1 is 0.882 bits per heavy atom. The van der Waals surface area contributed by atoms with Gasteiger partial charge in [0.25, 0.3) is 0 Å². The Hall–Kier alpha value is -0.570. The van der Waals surface area contributed by atoms with Gasteiger partial charge >= 0.3 is 18.0 Å². The molecule has 4 N–H and O–H groups in total. The molecule has 0 rings (SSSR count). The first-order valence-electron chi connectivity index (χ1n) is 4.76. The average molecular weight is 270 g/mol. The fourth-order valence-corrected chi connectivity index (χ4v) is 1.11. The van der Waals surface area contributed by atoms with Gasteiger partial charge in [-0.25, -0.2) is 0 Å². The molecule has 0 fully saturated rings. The van der Waals surface area contributed by atoms with Crippen molar-refractivity contribution in [2.75, 3.05) is 6.54 Å². The van der Waals surface area contributed by atoms with E-state index in [9.17, 15) is 30.7 Å². The van der Waals surface area contributed by atoms with E-state index in [1.807, 2.05) is 0 Å². The van der Waals surface area contributed by atoms with Gasteiger partial charge in [-0.2, -0.15) is 30.7 Å². The van der Waals surface area contributed by atoms with E-state index in [4.69, 9.17) is 11.5 Å². The van der Waals surface area contributed by atoms with Gasteiger partial charge in [0.15, 0.2) is 0 Å². The first-order valence-corrected chi connectivity index (χ1v) is 4.76. The second kappa shape index (κ2) is 5.38. The van der Waals surface area contributed by atoms with Gasteiger partial charge in [0, 0.05) is 0 Å². The fraction of sp³-hybridized carbons (Fsp3) is 1.00. The van der Waals surface area contributed by atoms with Crippen LogP contribution in [0, 0.1) is 0 Å². The number of halogens is 7. The van der Waals surface area contributed by atoms with Crippen LogP contribution >= 0.6 is 0 Å². The Morgan fingerprint density at radius 3 is 1.71 bits per heavy atom. The third-order valence-corrected chi connectivity index (χ3v) is 2.21. The molecule has 0 aromatic carbocycles. The molecule has 104 valence electrons. The van der Waals surface area contributed by atoms with Gasteiger partial charge < -0.3 is 11.5 Å². The summed E-state index contributed by atoms with van der Waals surface area (Å²) in [5, 5.41) is 0. The van der Waals surface area contributed by atoms with E-state index in [2.05, 4.69) is 0 Å². The van der Waals surface area contributed by atoms with Crippen LogP contribution in [0.25, 0.3) is 0 Å². The second-order valence-corrected chi connectivity index (χ2v) is 3.59. The fourth-order valence-electron chi connectivity index (χ4n) is 1.11. The lowest BCUT2D eigenvalue weighted by Crippen LogP contribution is -2.60.